The van der Waals surface area contributed by atoms with Gasteiger partial charge in [0.15, 0.2) is 4.77 Å². The quantitative estimate of drug-likeness (QED) is 0.443. The van der Waals surface area contributed by atoms with Crippen LogP contribution in [-0.4, -0.2) is 9.55 Å². The fourth-order valence-electron chi connectivity index (χ4n) is 2.00. The van der Waals surface area contributed by atoms with Crippen molar-refractivity contribution >= 4 is 57.4 Å². The molecule has 6 heteroatoms. The lowest BCUT2D eigenvalue weighted by atomic mass is 10.2. The van der Waals surface area contributed by atoms with E-state index in [0.29, 0.717) is 20.8 Å². The van der Waals surface area contributed by atoms with Crippen molar-refractivity contribution in [2.75, 3.05) is 0 Å². The van der Waals surface area contributed by atoms with Gasteiger partial charge in [-0.15, -0.1) is 0 Å². The van der Waals surface area contributed by atoms with E-state index in [9.17, 15) is 4.39 Å². The minimum absolute atomic E-state index is 0.330. The van der Waals surface area contributed by atoms with E-state index in [1.54, 1.807) is 16.7 Å². The molecule has 96 valence electrons. The van der Waals surface area contributed by atoms with Crippen LogP contribution in [0.2, 0.25) is 5.02 Å². The lowest BCUT2D eigenvalue weighted by Crippen LogP contribution is -1.95. The summed E-state index contributed by atoms with van der Waals surface area (Å²) < 4.78 is 16.9. The Balaban J connectivity index is 2.40. The Bertz CT molecular complexity index is 840. The SMILES string of the molecule is Fc1cccc2c1[nH]c(=S)n2-c1ccc(I)cc1Cl. The van der Waals surface area contributed by atoms with E-state index in [-0.39, 0.29) is 5.82 Å². The summed E-state index contributed by atoms with van der Waals surface area (Å²) in [4.78, 5) is 2.88. The molecule has 0 bridgehead atoms. The number of H-pyrrole nitrogens is 1. The van der Waals surface area contributed by atoms with Crippen LogP contribution < -0.4 is 0 Å². The van der Waals surface area contributed by atoms with Gasteiger partial charge in [0, 0.05) is 3.57 Å². The number of aromatic nitrogens is 2. The van der Waals surface area contributed by atoms with E-state index in [0.717, 1.165) is 9.26 Å². The Morgan fingerprint density at radius 1 is 1.26 bits per heavy atom. The molecule has 1 heterocycles. The van der Waals surface area contributed by atoms with Crippen LogP contribution in [0, 0.1) is 14.2 Å². The van der Waals surface area contributed by atoms with Crippen LogP contribution in [0.25, 0.3) is 16.7 Å². The first kappa shape index (κ1) is 13.1. The van der Waals surface area contributed by atoms with E-state index in [1.165, 1.54) is 6.07 Å². The third kappa shape index (κ3) is 2.19. The van der Waals surface area contributed by atoms with Gasteiger partial charge in [-0.3, -0.25) is 4.57 Å². The number of halogens is 3. The van der Waals surface area contributed by atoms with Gasteiger partial charge >= 0.3 is 0 Å². The summed E-state index contributed by atoms with van der Waals surface area (Å²) in [6.07, 6.45) is 0. The van der Waals surface area contributed by atoms with Crippen molar-refractivity contribution in [2.24, 2.45) is 0 Å². The number of benzene rings is 2. The normalized spacial score (nSPS) is 11.1. The van der Waals surface area contributed by atoms with Crippen LogP contribution >= 0.6 is 46.4 Å². The lowest BCUT2D eigenvalue weighted by molar-refractivity contribution is 0.637. The highest BCUT2D eigenvalue weighted by molar-refractivity contribution is 14.1. The molecular formula is C13H7ClFIN2S. The van der Waals surface area contributed by atoms with Gasteiger partial charge < -0.3 is 4.98 Å². The van der Waals surface area contributed by atoms with E-state index >= 15 is 0 Å². The Labute approximate surface area is 132 Å². The van der Waals surface area contributed by atoms with Crippen molar-refractivity contribution < 1.29 is 4.39 Å². The first-order valence-electron chi connectivity index (χ1n) is 5.42. The molecule has 2 aromatic carbocycles. The third-order valence-corrected chi connectivity index (χ3v) is 4.08. The number of nitrogens with one attached hydrogen (secondary N) is 1. The summed E-state index contributed by atoms with van der Waals surface area (Å²) in [5.41, 5.74) is 1.80. The minimum Gasteiger partial charge on any atom is -0.328 e. The predicted octanol–water partition coefficient (Wildman–Crippen LogP) is 5.09. The molecular weight excluding hydrogens is 398 g/mol. The highest BCUT2D eigenvalue weighted by Crippen LogP contribution is 2.27. The molecule has 0 unspecified atom stereocenters. The van der Waals surface area contributed by atoms with Crippen LogP contribution in [0.5, 0.6) is 0 Å². The van der Waals surface area contributed by atoms with Crippen molar-refractivity contribution in [1.82, 2.24) is 9.55 Å². The maximum absolute atomic E-state index is 13.7. The number of imidazole rings is 1. The number of nitrogens with zero attached hydrogens (tertiary/aromatic N) is 1. The molecule has 19 heavy (non-hydrogen) atoms. The van der Waals surface area contributed by atoms with Gasteiger partial charge in [0.25, 0.3) is 0 Å². The molecule has 0 atom stereocenters. The first-order chi connectivity index (χ1) is 9.08. The summed E-state index contributed by atoms with van der Waals surface area (Å²) in [5.74, 6) is -0.330. The first-order valence-corrected chi connectivity index (χ1v) is 7.29. The van der Waals surface area contributed by atoms with Crippen molar-refractivity contribution in [3.05, 3.63) is 55.6 Å². The Hall–Kier alpha value is -0.920. The maximum Gasteiger partial charge on any atom is 0.182 e. The highest BCUT2D eigenvalue weighted by atomic mass is 127. The maximum atomic E-state index is 13.7. The van der Waals surface area contributed by atoms with Crippen LogP contribution in [0.15, 0.2) is 36.4 Å². The summed E-state index contributed by atoms with van der Waals surface area (Å²) in [5, 5.41) is 0.577. The lowest BCUT2D eigenvalue weighted by Gasteiger charge is -2.07. The van der Waals surface area contributed by atoms with Gasteiger partial charge in [-0.05, 0) is 65.1 Å². The van der Waals surface area contributed by atoms with Crippen molar-refractivity contribution in [1.29, 1.82) is 0 Å². The molecule has 0 amide bonds. The number of fused-ring (bicyclic) bond motifs is 1. The molecule has 0 spiro atoms. The smallest absolute Gasteiger partial charge is 0.182 e. The zero-order valence-corrected chi connectivity index (χ0v) is 13.2. The van der Waals surface area contributed by atoms with Crippen LogP contribution in [0.4, 0.5) is 4.39 Å². The zero-order chi connectivity index (χ0) is 13.6. The summed E-state index contributed by atoms with van der Waals surface area (Å²) >= 11 is 13.7. The van der Waals surface area contributed by atoms with E-state index in [1.807, 2.05) is 18.2 Å². The molecule has 3 rings (SSSR count). The molecule has 0 radical (unpaired) electrons. The minimum atomic E-state index is -0.330. The fraction of sp³-hybridized carbons (Fsp3) is 0. The molecule has 0 saturated carbocycles. The summed E-state index contributed by atoms with van der Waals surface area (Å²) in [7, 11) is 0. The number of para-hydroxylation sites is 1. The van der Waals surface area contributed by atoms with Crippen LogP contribution in [0.1, 0.15) is 0 Å². The molecule has 0 aliphatic heterocycles. The van der Waals surface area contributed by atoms with Crippen LogP contribution in [-0.2, 0) is 0 Å². The predicted molar refractivity (Wildman–Crippen MR) is 86.1 cm³/mol. The Morgan fingerprint density at radius 2 is 2.05 bits per heavy atom. The second-order valence-electron chi connectivity index (χ2n) is 4.00. The highest BCUT2D eigenvalue weighted by Gasteiger charge is 2.12. The van der Waals surface area contributed by atoms with Gasteiger partial charge in [-0.2, -0.15) is 0 Å². The Morgan fingerprint density at radius 3 is 2.79 bits per heavy atom. The van der Waals surface area contributed by atoms with Crippen LogP contribution in [0.3, 0.4) is 0 Å². The second-order valence-corrected chi connectivity index (χ2v) is 6.03. The molecule has 0 aliphatic rings. The van der Waals surface area contributed by atoms with Crippen molar-refractivity contribution in [3.8, 4) is 5.69 Å². The summed E-state index contributed by atoms with van der Waals surface area (Å²) in [6.45, 7) is 0. The molecule has 3 aromatic rings. The molecule has 0 saturated heterocycles. The van der Waals surface area contributed by atoms with Gasteiger partial charge in [-0.25, -0.2) is 4.39 Å². The van der Waals surface area contributed by atoms with E-state index in [4.69, 9.17) is 23.8 Å². The van der Waals surface area contributed by atoms with Gasteiger partial charge in [0.2, 0.25) is 0 Å². The molecule has 2 nitrogen and oxygen atoms in total. The summed E-state index contributed by atoms with van der Waals surface area (Å²) in [6, 6.07) is 10.5. The number of rotatable bonds is 1. The van der Waals surface area contributed by atoms with E-state index in [2.05, 4.69) is 27.6 Å². The molecule has 1 aromatic heterocycles. The zero-order valence-electron chi connectivity index (χ0n) is 9.45. The average molecular weight is 405 g/mol. The number of hydrogen-bond acceptors (Lipinski definition) is 1. The standard InChI is InChI=1S/C13H7ClFIN2S/c14-8-6-7(16)4-5-10(8)18-11-3-1-2-9(15)12(11)17-13(18)19/h1-6H,(H,17,19). The topological polar surface area (TPSA) is 20.7 Å². The van der Waals surface area contributed by atoms with Crippen molar-refractivity contribution in [3.63, 3.8) is 0 Å². The average Bonchev–Trinajstić information content (AvgIpc) is 2.68. The second kappa shape index (κ2) is 4.88. The largest absolute Gasteiger partial charge is 0.328 e. The van der Waals surface area contributed by atoms with Gasteiger partial charge in [0.1, 0.15) is 11.3 Å². The molecule has 0 aliphatic carbocycles. The molecule has 0 fully saturated rings. The van der Waals surface area contributed by atoms with Gasteiger partial charge in [0.05, 0.1) is 16.2 Å². The number of hydrogen-bond donors (Lipinski definition) is 1. The monoisotopic (exact) mass is 404 g/mol. The Kier molecular flexibility index (Phi) is 3.36. The third-order valence-electron chi connectivity index (χ3n) is 2.82. The van der Waals surface area contributed by atoms with E-state index < -0.39 is 0 Å². The number of aromatic amines is 1. The van der Waals surface area contributed by atoms with Crippen molar-refractivity contribution in [2.45, 2.75) is 0 Å². The van der Waals surface area contributed by atoms with Gasteiger partial charge in [-0.1, -0.05) is 17.7 Å². The fourth-order valence-corrected chi connectivity index (χ4v) is 3.24. The molecule has 1 N–H and O–H groups in total.